The molecule has 0 radical (unpaired) electrons. The summed E-state index contributed by atoms with van der Waals surface area (Å²) in [4.78, 5) is 9.01. The molecule has 0 spiro atoms. The van der Waals surface area contributed by atoms with E-state index in [9.17, 15) is 0 Å². The predicted octanol–water partition coefficient (Wildman–Crippen LogP) is 3.45. The topological polar surface area (TPSA) is 24.7 Å². The van der Waals surface area contributed by atoms with E-state index in [1.807, 2.05) is 60.7 Å². The third-order valence-corrected chi connectivity index (χ3v) is 2.81. The fourth-order valence-corrected chi connectivity index (χ4v) is 1.92. The smallest absolute Gasteiger partial charge is 0.160 e. The van der Waals surface area contributed by atoms with Gasteiger partial charge in [-0.05, 0) is 0 Å². The van der Waals surface area contributed by atoms with Crippen molar-refractivity contribution in [3.8, 4) is 0 Å². The zero-order valence-electron chi connectivity index (χ0n) is 9.88. The molecule has 0 aliphatic carbocycles. The number of hydrogen-bond donors (Lipinski definition) is 0. The van der Waals surface area contributed by atoms with E-state index in [4.69, 9.17) is 0 Å². The molecule has 86 valence electrons. The van der Waals surface area contributed by atoms with E-state index in [1.54, 1.807) is 0 Å². The molecule has 18 heavy (non-hydrogen) atoms. The summed E-state index contributed by atoms with van der Waals surface area (Å²) < 4.78 is 0. The van der Waals surface area contributed by atoms with E-state index in [0.29, 0.717) is 0 Å². The highest BCUT2D eigenvalue weighted by Crippen LogP contribution is 2.18. The second-order valence-electron chi connectivity index (χ2n) is 4.07. The van der Waals surface area contributed by atoms with E-state index in [-0.39, 0.29) is 0 Å². The fourth-order valence-electron chi connectivity index (χ4n) is 1.92. The zero-order valence-corrected chi connectivity index (χ0v) is 9.88. The van der Waals surface area contributed by atoms with Crippen LogP contribution < -0.4 is 0 Å². The van der Waals surface area contributed by atoms with Gasteiger partial charge in [0.15, 0.2) is 5.84 Å². The van der Waals surface area contributed by atoms with Crippen LogP contribution in [0.25, 0.3) is 0 Å². The number of hydrogen-bond acceptors (Lipinski definition) is 2. The molecule has 0 aromatic heterocycles. The number of nitrogens with zero attached hydrogens (tertiary/aromatic N) is 2. The molecule has 0 saturated carbocycles. The van der Waals surface area contributed by atoms with Gasteiger partial charge in [-0.2, -0.15) is 0 Å². The molecule has 3 rings (SSSR count). The van der Waals surface area contributed by atoms with Gasteiger partial charge in [-0.3, -0.25) is 0 Å². The lowest BCUT2D eigenvalue weighted by Crippen LogP contribution is -1.99. The highest BCUT2D eigenvalue weighted by Gasteiger charge is 2.16. The van der Waals surface area contributed by atoms with Gasteiger partial charge in [0.1, 0.15) is 0 Å². The second-order valence-corrected chi connectivity index (χ2v) is 4.07. The molecule has 0 N–H and O–H groups in total. The lowest BCUT2D eigenvalue weighted by molar-refractivity contribution is 1.49. The monoisotopic (exact) mass is 232 g/mol. The van der Waals surface area contributed by atoms with Crippen LogP contribution in [0.1, 0.15) is 11.1 Å². The van der Waals surface area contributed by atoms with Crippen LogP contribution >= 0.6 is 0 Å². The summed E-state index contributed by atoms with van der Waals surface area (Å²) in [6.07, 6.45) is 0. The normalized spacial score (nSPS) is 14.3. The second kappa shape index (κ2) is 4.41. The molecule has 1 aliphatic rings. The van der Waals surface area contributed by atoms with Crippen LogP contribution in [-0.2, 0) is 0 Å². The van der Waals surface area contributed by atoms with Gasteiger partial charge in [-0.25, -0.2) is 9.98 Å². The summed E-state index contributed by atoms with van der Waals surface area (Å²) in [5.74, 6) is 0.736. The highest BCUT2D eigenvalue weighted by atomic mass is 15.0. The lowest BCUT2D eigenvalue weighted by atomic mass is 10.1. The predicted molar refractivity (Wildman–Crippen MR) is 75.1 cm³/mol. The molecule has 0 unspecified atom stereocenters. The molecular weight excluding hydrogens is 220 g/mol. The molecule has 0 atom stereocenters. The highest BCUT2D eigenvalue weighted by molar-refractivity contribution is 6.24. The molecule has 0 fully saturated rings. The average Bonchev–Trinajstić information content (AvgIpc) is 2.83. The van der Waals surface area contributed by atoms with Crippen LogP contribution in [0.5, 0.6) is 0 Å². The molecule has 2 aromatic carbocycles. The molecule has 0 saturated heterocycles. The first-order valence-corrected chi connectivity index (χ1v) is 5.82. The van der Waals surface area contributed by atoms with Gasteiger partial charge in [-0.1, -0.05) is 67.2 Å². The van der Waals surface area contributed by atoms with Gasteiger partial charge < -0.3 is 0 Å². The number of amidine groups is 1. The van der Waals surface area contributed by atoms with Crippen LogP contribution in [0.2, 0.25) is 0 Å². The molecular formula is C16H12N2. The van der Waals surface area contributed by atoms with Gasteiger partial charge >= 0.3 is 0 Å². The van der Waals surface area contributed by atoms with E-state index >= 15 is 0 Å². The summed E-state index contributed by atoms with van der Waals surface area (Å²) in [5.41, 5.74) is 3.65. The number of rotatable bonds is 2. The summed E-state index contributed by atoms with van der Waals surface area (Å²) in [6.45, 7) is 3.97. The van der Waals surface area contributed by atoms with Gasteiger partial charge in [-0.15, -0.1) is 0 Å². The summed E-state index contributed by atoms with van der Waals surface area (Å²) in [6, 6.07) is 20.0. The molecule has 2 nitrogen and oxygen atoms in total. The standard InChI is InChI=1S/C16H12N2/c1-12-15(13-8-4-2-5-9-13)18-16(17-12)14-10-6-3-7-11-14/h2-11H,1H2. The van der Waals surface area contributed by atoms with E-state index in [0.717, 1.165) is 28.4 Å². The van der Waals surface area contributed by atoms with Crippen molar-refractivity contribution in [3.05, 3.63) is 84.1 Å². The van der Waals surface area contributed by atoms with Crippen LogP contribution in [0, 0.1) is 0 Å². The average molecular weight is 232 g/mol. The van der Waals surface area contributed by atoms with Gasteiger partial charge in [0.25, 0.3) is 0 Å². The van der Waals surface area contributed by atoms with E-state index in [1.165, 1.54) is 0 Å². The first-order chi connectivity index (χ1) is 8.84. The minimum atomic E-state index is 0.722. The zero-order chi connectivity index (χ0) is 12.4. The van der Waals surface area contributed by atoms with Gasteiger partial charge in [0.2, 0.25) is 0 Å². The quantitative estimate of drug-likeness (QED) is 0.757. The van der Waals surface area contributed by atoms with Crippen molar-refractivity contribution < 1.29 is 0 Å². The third-order valence-electron chi connectivity index (χ3n) is 2.81. The number of aliphatic imine (C=N–C) groups is 2. The summed E-state index contributed by atoms with van der Waals surface area (Å²) in [7, 11) is 0. The number of allylic oxidation sites excluding steroid dienone is 1. The molecule has 0 amide bonds. The maximum absolute atomic E-state index is 4.58. The van der Waals surface area contributed by atoms with Crippen molar-refractivity contribution in [2.75, 3.05) is 0 Å². The number of benzene rings is 2. The summed E-state index contributed by atoms with van der Waals surface area (Å²) in [5, 5.41) is 0. The van der Waals surface area contributed by atoms with Crippen molar-refractivity contribution in [3.63, 3.8) is 0 Å². The van der Waals surface area contributed by atoms with Crippen molar-refractivity contribution in [2.24, 2.45) is 9.98 Å². The Balaban J connectivity index is 2.00. The maximum atomic E-state index is 4.58. The van der Waals surface area contributed by atoms with Gasteiger partial charge in [0, 0.05) is 11.1 Å². The van der Waals surface area contributed by atoms with Crippen LogP contribution in [-0.4, -0.2) is 11.5 Å². The van der Waals surface area contributed by atoms with E-state index < -0.39 is 0 Å². The Morgan fingerprint density at radius 2 is 1.22 bits per heavy atom. The molecule has 2 aromatic rings. The summed E-state index contributed by atoms with van der Waals surface area (Å²) >= 11 is 0. The molecule has 0 bridgehead atoms. The molecule has 1 heterocycles. The Morgan fingerprint density at radius 1 is 0.667 bits per heavy atom. The fraction of sp³-hybridized carbons (Fsp3) is 0. The van der Waals surface area contributed by atoms with Crippen LogP contribution in [0.15, 0.2) is 82.9 Å². The Kier molecular flexibility index (Phi) is 2.61. The largest absolute Gasteiger partial charge is 0.227 e. The first kappa shape index (κ1) is 10.7. The SMILES string of the molecule is C=C1N=C(c2ccccc2)N=C1c1ccccc1. The molecule has 2 heteroatoms. The first-order valence-electron chi connectivity index (χ1n) is 5.82. The van der Waals surface area contributed by atoms with Crippen LogP contribution in [0.4, 0.5) is 0 Å². The Labute approximate surface area is 106 Å². The van der Waals surface area contributed by atoms with E-state index in [2.05, 4.69) is 16.6 Å². The van der Waals surface area contributed by atoms with Crippen molar-refractivity contribution >= 4 is 11.5 Å². The van der Waals surface area contributed by atoms with Crippen LogP contribution in [0.3, 0.4) is 0 Å². The van der Waals surface area contributed by atoms with Crippen molar-refractivity contribution in [1.29, 1.82) is 0 Å². The van der Waals surface area contributed by atoms with Gasteiger partial charge in [0.05, 0.1) is 11.4 Å². The van der Waals surface area contributed by atoms with Crippen molar-refractivity contribution in [1.82, 2.24) is 0 Å². The lowest BCUT2D eigenvalue weighted by Gasteiger charge is -1.99. The Bertz CT molecular complexity index is 597. The minimum absolute atomic E-state index is 0.722. The van der Waals surface area contributed by atoms with Crippen molar-refractivity contribution in [2.45, 2.75) is 0 Å². The molecule has 1 aliphatic heterocycles. The third kappa shape index (κ3) is 1.89. The Morgan fingerprint density at radius 3 is 1.83 bits per heavy atom. The Hall–Kier alpha value is -2.48. The maximum Gasteiger partial charge on any atom is 0.160 e. The minimum Gasteiger partial charge on any atom is -0.227 e.